The quantitative estimate of drug-likeness (QED) is 0.0579. The van der Waals surface area contributed by atoms with Gasteiger partial charge in [0, 0.05) is 50.3 Å². The Hall–Kier alpha value is -15.0. The van der Waals surface area contributed by atoms with Crippen LogP contribution < -0.4 is 51.3 Å². The highest BCUT2D eigenvalue weighted by Crippen LogP contribution is 2.51. The minimum absolute atomic E-state index is 0.0985. The lowest BCUT2D eigenvalue weighted by atomic mass is 9.82. The molecular formula is C117H84N2OSi2. The number of benzene rings is 21. The van der Waals surface area contributed by atoms with Crippen LogP contribution >= 0.6 is 0 Å². The van der Waals surface area contributed by atoms with Crippen LogP contribution in [0.3, 0.4) is 0 Å². The van der Waals surface area contributed by atoms with Gasteiger partial charge in [-0.05, 0) is 231 Å². The van der Waals surface area contributed by atoms with Crippen molar-refractivity contribution in [2.75, 3.05) is 9.80 Å². The van der Waals surface area contributed by atoms with E-state index >= 15 is 0 Å². The molecule has 1 heterocycles. The summed E-state index contributed by atoms with van der Waals surface area (Å²) in [6, 6.07) is 175. The second kappa shape index (κ2) is 30.4. The number of fused-ring (bicyclic) bond motifs is 18. The maximum absolute atomic E-state index is 6.26. The van der Waals surface area contributed by atoms with Crippen LogP contribution in [0.4, 0.5) is 34.1 Å². The Morgan fingerprint density at radius 1 is 0.197 bits per heavy atom. The van der Waals surface area contributed by atoms with Crippen LogP contribution in [0.5, 0.6) is 0 Å². The largest absolute Gasteiger partial charge is 0.456 e. The fourth-order valence-electron chi connectivity index (χ4n) is 20.5. The molecule has 0 bridgehead atoms. The third-order valence-corrected chi connectivity index (χ3v) is 35.6. The van der Waals surface area contributed by atoms with Crippen molar-refractivity contribution in [1.29, 1.82) is 0 Å². The van der Waals surface area contributed by atoms with Gasteiger partial charge in [0.1, 0.15) is 11.2 Å². The number of para-hydroxylation sites is 3. The number of furan rings is 1. The zero-order chi connectivity index (χ0) is 81.3. The first-order valence-corrected chi connectivity index (χ1v) is 46.4. The Morgan fingerprint density at radius 3 is 0.926 bits per heavy atom. The normalized spacial score (nSPS) is 12.4. The predicted molar refractivity (Wildman–Crippen MR) is 525 cm³/mol. The molecule has 1 aromatic heterocycles. The molecule has 1 aliphatic carbocycles. The van der Waals surface area contributed by atoms with E-state index < -0.39 is 16.1 Å². The summed E-state index contributed by atoms with van der Waals surface area (Å²) in [6.45, 7) is 4.72. The van der Waals surface area contributed by atoms with E-state index in [-0.39, 0.29) is 5.41 Å². The maximum atomic E-state index is 6.26. The van der Waals surface area contributed by atoms with Gasteiger partial charge in [-0.15, -0.1) is 0 Å². The molecule has 0 saturated carbocycles. The highest BCUT2D eigenvalue weighted by molar-refractivity contribution is 7.21. The lowest BCUT2D eigenvalue weighted by molar-refractivity contribution is 0.660. The maximum Gasteiger partial charge on any atom is 0.180 e. The lowest BCUT2D eigenvalue weighted by Crippen LogP contribution is -2.74. The molecule has 0 aliphatic heterocycles. The van der Waals surface area contributed by atoms with Gasteiger partial charge in [0.05, 0.1) is 0 Å². The first-order chi connectivity index (χ1) is 60.3. The van der Waals surface area contributed by atoms with Gasteiger partial charge in [-0.3, -0.25) is 0 Å². The second-order valence-corrected chi connectivity index (χ2v) is 40.3. The molecule has 0 unspecified atom stereocenters. The van der Waals surface area contributed by atoms with Gasteiger partial charge in [-0.2, -0.15) is 0 Å². The summed E-state index contributed by atoms with van der Waals surface area (Å²) in [4.78, 5) is 4.79. The van der Waals surface area contributed by atoms with Crippen molar-refractivity contribution in [3.05, 3.63) is 484 Å². The predicted octanol–water partition coefficient (Wildman–Crippen LogP) is 25.9. The fraction of sp³-hybridized carbons (Fsp3) is 0.0256. The molecule has 0 amide bonds. The van der Waals surface area contributed by atoms with E-state index in [0.717, 1.165) is 67.2 Å². The summed E-state index contributed by atoms with van der Waals surface area (Å²) in [5.74, 6) is 0. The molecule has 1 aliphatic rings. The van der Waals surface area contributed by atoms with Crippen LogP contribution in [0.1, 0.15) is 25.0 Å². The summed E-state index contributed by atoms with van der Waals surface area (Å²) in [5.41, 5.74) is 16.1. The van der Waals surface area contributed by atoms with Gasteiger partial charge in [0.2, 0.25) is 0 Å². The van der Waals surface area contributed by atoms with Crippen LogP contribution in [0.15, 0.2) is 478 Å². The third-order valence-electron chi connectivity index (χ3n) is 26.0. The van der Waals surface area contributed by atoms with E-state index in [1.807, 2.05) is 12.1 Å². The van der Waals surface area contributed by atoms with Crippen LogP contribution in [0, 0.1) is 0 Å². The van der Waals surface area contributed by atoms with Crippen molar-refractivity contribution in [3.8, 4) is 22.3 Å². The molecule has 0 fully saturated rings. The summed E-state index contributed by atoms with van der Waals surface area (Å²) < 4.78 is 6.26. The van der Waals surface area contributed by atoms with E-state index in [1.165, 1.54) is 128 Å². The van der Waals surface area contributed by atoms with Gasteiger partial charge < -0.3 is 14.2 Å². The number of rotatable bonds is 15. The minimum Gasteiger partial charge on any atom is -0.456 e. The molecule has 0 radical (unpaired) electrons. The molecule has 5 heteroatoms. The van der Waals surface area contributed by atoms with Crippen molar-refractivity contribution in [2.45, 2.75) is 19.3 Å². The summed E-state index contributed by atoms with van der Waals surface area (Å²) >= 11 is 0. The zero-order valence-electron chi connectivity index (χ0n) is 67.8. The highest BCUT2D eigenvalue weighted by atomic mass is 28.3. The van der Waals surface area contributed by atoms with Crippen molar-refractivity contribution in [3.63, 3.8) is 0 Å². The van der Waals surface area contributed by atoms with Crippen molar-refractivity contribution in [2.24, 2.45) is 0 Å². The van der Waals surface area contributed by atoms with Crippen molar-refractivity contribution in [1.82, 2.24) is 0 Å². The Labute approximate surface area is 713 Å². The fourth-order valence-corrected chi connectivity index (χ4v) is 30.5. The summed E-state index contributed by atoms with van der Waals surface area (Å²) in [5, 5.41) is 28.8. The summed E-state index contributed by atoms with van der Waals surface area (Å²) in [7, 11) is -5.96. The highest BCUT2D eigenvalue weighted by Gasteiger charge is 2.45. The van der Waals surface area contributed by atoms with E-state index in [0.29, 0.717) is 0 Å². The average Bonchev–Trinajstić information content (AvgIpc) is 1.40. The summed E-state index contributed by atoms with van der Waals surface area (Å²) in [6.07, 6.45) is 0. The van der Waals surface area contributed by atoms with Gasteiger partial charge in [-0.1, -0.05) is 396 Å². The van der Waals surface area contributed by atoms with E-state index in [4.69, 9.17) is 4.42 Å². The van der Waals surface area contributed by atoms with Crippen LogP contribution in [-0.4, -0.2) is 16.1 Å². The Kier molecular flexibility index (Phi) is 18.3. The SMILES string of the molecule is CC1(C)c2ccccc2-c2ccc(N(c3ccccc3)c3ccc([Si](c4ccccc4)(c4ccccc4)c4cccc5c6ccccc6c6ccccc6c45)cc3)cc21.c1ccc(N(c2ccc(-c3ccc4c(c3)oc3ccccc34)cc2)c2ccc([Si](c3ccccc3)(c3ccccc3)c3cccc4c5ccccc5c5ccccc5c34)cc2)cc1. The molecule has 0 atom stereocenters. The van der Waals surface area contributed by atoms with Crippen LogP contribution in [0.2, 0.25) is 0 Å². The van der Waals surface area contributed by atoms with Gasteiger partial charge in [0.25, 0.3) is 0 Å². The first kappa shape index (κ1) is 73.4. The van der Waals surface area contributed by atoms with Crippen molar-refractivity contribution < 1.29 is 4.42 Å². The van der Waals surface area contributed by atoms with Crippen LogP contribution in [0.25, 0.3) is 109 Å². The second-order valence-electron chi connectivity index (χ2n) is 32.8. The topological polar surface area (TPSA) is 19.6 Å². The molecule has 22 aromatic rings. The molecule has 0 spiro atoms. The van der Waals surface area contributed by atoms with E-state index in [2.05, 4.69) is 485 Å². The zero-order valence-corrected chi connectivity index (χ0v) is 69.8. The molecule has 122 heavy (non-hydrogen) atoms. The Bertz CT molecular complexity index is 7520. The van der Waals surface area contributed by atoms with Crippen molar-refractivity contribution >= 4 is 178 Å². The molecular weight excluding hydrogens is 1510 g/mol. The first-order valence-electron chi connectivity index (χ1n) is 42.4. The van der Waals surface area contributed by atoms with E-state index in [1.54, 1.807) is 0 Å². The Balaban J connectivity index is 0.000000146. The number of hydrogen-bond donors (Lipinski definition) is 0. The molecule has 576 valence electrons. The molecule has 0 N–H and O–H groups in total. The molecule has 3 nitrogen and oxygen atoms in total. The van der Waals surface area contributed by atoms with Gasteiger partial charge in [-0.25, -0.2) is 0 Å². The number of nitrogens with zero attached hydrogens (tertiary/aromatic N) is 2. The smallest absolute Gasteiger partial charge is 0.180 e. The lowest BCUT2D eigenvalue weighted by Gasteiger charge is -2.36. The number of hydrogen-bond acceptors (Lipinski definition) is 3. The number of anilines is 6. The average molecular weight is 1590 g/mol. The van der Waals surface area contributed by atoms with Crippen LogP contribution in [-0.2, 0) is 5.41 Å². The monoisotopic (exact) mass is 1590 g/mol. The Morgan fingerprint density at radius 2 is 0.492 bits per heavy atom. The third kappa shape index (κ3) is 12.1. The van der Waals surface area contributed by atoms with Gasteiger partial charge >= 0.3 is 0 Å². The van der Waals surface area contributed by atoms with Gasteiger partial charge in [0.15, 0.2) is 16.1 Å². The standard InChI is InChI=1S/C60H41NOSi.C57H43NSi/c1-4-17-44(18-5-1)61(45-34-31-42(32-35-45)43-33-40-54-53-26-14-15-29-57(53)62-58(54)41-43)46-36-38-49(39-37-46)63(47-19-6-2-7-20-47,48-21-8-3-9-22-48)59-30-16-28-56-52-24-11-10-23-50(52)51-25-12-13-27-55(51)60(56)59;1-57(2)53-31-17-16-28-49(53)50-38-35-42(39-54(50)57)58(40-19-6-3-7-20-40)41-33-36-45(37-34-41)59(43-21-8-4-9-22-43,44-23-10-5-11-24-44)55-32-18-30-52-48-26-13-12-25-46(48)47-27-14-15-29-51(47)56(52)55/h1-41H;3-39H,1-2H3. The van der Waals surface area contributed by atoms with E-state index in [9.17, 15) is 0 Å². The minimum atomic E-state index is -2.99. The molecule has 0 saturated heterocycles. The molecule has 21 aromatic carbocycles. The molecule has 23 rings (SSSR count).